The van der Waals surface area contributed by atoms with Crippen LogP contribution in [0.25, 0.3) is 11.3 Å². The standard InChI is InChI=1S/C25H23FN2O3/c26-21-7-2-1-6-20(21)24(29)27-19-10-8-16(9-11-19)23-14-18-15-28(13-12-22(18)31-23)25(30)17-4-3-5-17/h1-2,6-11,14,17H,3-5,12-13,15H2,(H,27,29). The maximum atomic E-state index is 13.8. The summed E-state index contributed by atoms with van der Waals surface area (Å²) in [6.07, 6.45) is 3.91. The van der Waals surface area contributed by atoms with Gasteiger partial charge in [-0.1, -0.05) is 18.6 Å². The van der Waals surface area contributed by atoms with Gasteiger partial charge in [0.05, 0.1) is 5.56 Å². The predicted molar refractivity (Wildman–Crippen MR) is 115 cm³/mol. The lowest BCUT2D eigenvalue weighted by Gasteiger charge is -2.33. The average molecular weight is 418 g/mol. The first-order valence-electron chi connectivity index (χ1n) is 10.6. The maximum absolute atomic E-state index is 13.8. The van der Waals surface area contributed by atoms with Crippen molar-refractivity contribution in [2.75, 3.05) is 11.9 Å². The number of benzene rings is 2. The second kappa shape index (κ2) is 8.02. The minimum Gasteiger partial charge on any atom is -0.461 e. The highest BCUT2D eigenvalue weighted by atomic mass is 19.1. The highest BCUT2D eigenvalue weighted by molar-refractivity contribution is 6.04. The third kappa shape index (κ3) is 3.85. The number of carbonyl (C=O) groups is 2. The van der Waals surface area contributed by atoms with Crippen LogP contribution < -0.4 is 5.32 Å². The second-order valence-electron chi connectivity index (χ2n) is 8.21. The van der Waals surface area contributed by atoms with Crippen LogP contribution in [0.15, 0.2) is 59.0 Å². The monoisotopic (exact) mass is 418 g/mol. The van der Waals surface area contributed by atoms with E-state index in [9.17, 15) is 14.0 Å². The van der Waals surface area contributed by atoms with Crippen LogP contribution in [0.1, 0.15) is 40.9 Å². The van der Waals surface area contributed by atoms with E-state index in [1.165, 1.54) is 12.1 Å². The molecule has 0 spiro atoms. The van der Waals surface area contributed by atoms with E-state index in [2.05, 4.69) is 5.32 Å². The van der Waals surface area contributed by atoms with Gasteiger partial charge in [0, 0.05) is 42.2 Å². The molecule has 1 aromatic heterocycles. The van der Waals surface area contributed by atoms with Crippen molar-refractivity contribution in [3.8, 4) is 11.3 Å². The summed E-state index contributed by atoms with van der Waals surface area (Å²) in [7, 11) is 0. The molecule has 2 heterocycles. The molecule has 5 rings (SSSR count). The van der Waals surface area contributed by atoms with Gasteiger partial charge in [-0.05, 0) is 55.3 Å². The Kier molecular flexibility index (Phi) is 5.06. The number of hydrogen-bond acceptors (Lipinski definition) is 3. The number of amides is 2. The minimum absolute atomic E-state index is 0.00582. The SMILES string of the molecule is O=C(Nc1ccc(-c2cc3c(o2)CCN(C(=O)C2CCC2)C3)cc1)c1ccccc1F. The fourth-order valence-corrected chi connectivity index (χ4v) is 4.14. The molecule has 0 unspecified atom stereocenters. The first-order valence-corrected chi connectivity index (χ1v) is 10.6. The van der Waals surface area contributed by atoms with E-state index >= 15 is 0 Å². The lowest BCUT2D eigenvalue weighted by Crippen LogP contribution is -2.41. The zero-order valence-electron chi connectivity index (χ0n) is 17.1. The molecule has 0 bridgehead atoms. The van der Waals surface area contributed by atoms with Crippen molar-refractivity contribution in [1.29, 1.82) is 0 Å². The number of furan rings is 1. The van der Waals surface area contributed by atoms with E-state index < -0.39 is 11.7 Å². The van der Waals surface area contributed by atoms with Crippen LogP contribution in [-0.2, 0) is 17.8 Å². The summed E-state index contributed by atoms with van der Waals surface area (Å²) in [4.78, 5) is 26.8. The van der Waals surface area contributed by atoms with Crippen molar-refractivity contribution >= 4 is 17.5 Å². The number of halogens is 1. The molecule has 0 saturated heterocycles. The number of fused-ring (bicyclic) bond motifs is 1. The van der Waals surface area contributed by atoms with Crippen LogP contribution in [0.2, 0.25) is 0 Å². The summed E-state index contributed by atoms with van der Waals surface area (Å²) in [5.74, 6) is 1.12. The van der Waals surface area contributed by atoms with Crippen LogP contribution in [-0.4, -0.2) is 23.3 Å². The van der Waals surface area contributed by atoms with Gasteiger partial charge in [0.25, 0.3) is 5.91 Å². The summed E-state index contributed by atoms with van der Waals surface area (Å²) < 4.78 is 19.8. The first-order chi connectivity index (χ1) is 15.1. The molecule has 0 radical (unpaired) electrons. The fourth-order valence-electron chi connectivity index (χ4n) is 4.14. The lowest BCUT2D eigenvalue weighted by molar-refractivity contribution is -0.139. The van der Waals surface area contributed by atoms with Gasteiger partial charge in [0.1, 0.15) is 17.3 Å². The number of carbonyl (C=O) groups excluding carboxylic acids is 2. The fraction of sp³-hybridized carbons (Fsp3) is 0.280. The third-order valence-electron chi connectivity index (χ3n) is 6.18. The van der Waals surface area contributed by atoms with Gasteiger partial charge in [0.2, 0.25) is 5.91 Å². The molecule has 5 nitrogen and oxygen atoms in total. The topological polar surface area (TPSA) is 62.6 Å². The quantitative estimate of drug-likeness (QED) is 0.647. The van der Waals surface area contributed by atoms with Crippen molar-refractivity contribution < 1.29 is 18.4 Å². The largest absolute Gasteiger partial charge is 0.461 e. The Morgan fingerprint density at radius 1 is 1.06 bits per heavy atom. The van der Waals surface area contributed by atoms with Gasteiger partial charge in [-0.3, -0.25) is 9.59 Å². The van der Waals surface area contributed by atoms with E-state index in [-0.39, 0.29) is 17.4 Å². The minimum atomic E-state index is -0.553. The number of nitrogens with one attached hydrogen (secondary N) is 1. The molecule has 2 amide bonds. The van der Waals surface area contributed by atoms with Crippen LogP contribution in [0.3, 0.4) is 0 Å². The molecule has 1 fully saturated rings. The number of hydrogen-bond donors (Lipinski definition) is 1. The smallest absolute Gasteiger partial charge is 0.258 e. The van der Waals surface area contributed by atoms with Crippen LogP contribution in [0.5, 0.6) is 0 Å². The van der Waals surface area contributed by atoms with Gasteiger partial charge in [-0.25, -0.2) is 4.39 Å². The molecule has 1 aliphatic carbocycles. The van der Waals surface area contributed by atoms with E-state index in [0.29, 0.717) is 18.8 Å². The second-order valence-corrected chi connectivity index (χ2v) is 8.21. The van der Waals surface area contributed by atoms with Crippen molar-refractivity contribution in [2.45, 2.75) is 32.2 Å². The van der Waals surface area contributed by atoms with Gasteiger partial charge in [-0.2, -0.15) is 0 Å². The van der Waals surface area contributed by atoms with Gasteiger partial charge in [0.15, 0.2) is 0 Å². The van der Waals surface area contributed by atoms with E-state index in [0.717, 1.165) is 48.3 Å². The summed E-state index contributed by atoms with van der Waals surface area (Å²) in [5.41, 5.74) is 2.53. The van der Waals surface area contributed by atoms with Crippen molar-refractivity contribution in [3.05, 3.63) is 77.3 Å². The summed E-state index contributed by atoms with van der Waals surface area (Å²) in [5, 5.41) is 2.71. The molecule has 3 aromatic rings. The number of anilines is 1. The highest BCUT2D eigenvalue weighted by Gasteiger charge is 2.32. The van der Waals surface area contributed by atoms with Crippen molar-refractivity contribution in [1.82, 2.24) is 4.90 Å². The molecule has 1 aliphatic heterocycles. The van der Waals surface area contributed by atoms with E-state index in [4.69, 9.17) is 4.42 Å². The molecule has 2 aliphatic rings. The Balaban J connectivity index is 1.28. The summed E-state index contributed by atoms with van der Waals surface area (Å²) in [6, 6.07) is 15.1. The Labute approximate surface area is 179 Å². The number of rotatable bonds is 4. The van der Waals surface area contributed by atoms with Crippen molar-refractivity contribution in [3.63, 3.8) is 0 Å². The molecule has 0 atom stereocenters. The molecule has 1 saturated carbocycles. The molecular weight excluding hydrogens is 395 g/mol. The maximum Gasteiger partial charge on any atom is 0.258 e. The normalized spacial score (nSPS) is 15.8. The Hall–Kier alpha value is -3.41. The highest BCUT2D eigenvalue weighted by Crippen LogP contribution is 2.33. The zero-order valence-corrected chi connectivity index (χ0v) is 17.1. The zero-order chi connectivity index (χ0) is 21.4. The van der Waals surface area contributed by atoms with Gasteiger partial charge >= 0.3 is 0 Å². The average Bonchev–Trinajstić information content (AvgIpc) is 3.16. The van der Waals surface area contributed by atoms with E-state index in [1.807, 2.05) is 23.1 Å². The predicted octanol–water partition coefficient (Wildman–Crippen LogP) is 5.02. The van der Waals surface area contributed by atoms with Gasteiger partial charge in [-0.15, -0.1) is 0 Å². The molecule has 1 N–H and O–H groups in total. The van der Waals surface area contributed by atoms with Gasteiger partial charge < -0.3 is 14.6 Å². The molecule has 31 heavy (non-hydrogen) atoms. The van der Waals surface area contributed by atoms with Crippen molar-refractivity contribution in [2.24, 2.45) is 5.92 Å². The molecule has 6 heteroatoms. The Morgan fingerprint density at radius 3 is 2.55 bits per heavy atom. The first kappa shape index (κ1) is 19.5. The Morgan fingerprint density at radius 2 is 1.84 bits per heavy atom. The summed E-state index contributed by atoms with van der Waals surface area (Å²) in [6.45, 7) is 1.31. The third-order valence-corrected chi connectivity index (χ3v) is 6.18. The van der Waals surface area contributed by atoms with E-state index in [1.54, 1.807) is 24.3 Å². The van der Waals surface area contributed by atoms with Crippen LogP contribution in [0.4, 0.5) is 10.1 Å². The number of nitrogens with zero attached hydrogens (tertiary/aromatic N) is 1. The molecule has 2 aromatic carbocycles. The summed E-state index contributed by atoms with van der Waals surface area (Å²) >= 11 is 0. The Bertz CT molecular complexity index is 1130. The van der Waals surface area contributed by atoms with Crippen LogP contribution in [0, 0.1) is 11.7 Å². The molecular formula is C25H23FN2O3. The van der Waals surface area contributed by atoms with Crippen LogP contribution >= 0.6 is 0 Å². The molecule has 158 valence electrons. The lowest BCUT2D eigenvalue weighted by atomic mass is 9.84.